The number of hydrogen-bond donors (Lipinski definition) is 1. The van der Waals surface area contributed by atoms with Gasteiger partial charge < -0.3 is 15.0 Å². The lowest BCUT2D eigenvalue weighted by Crippen LogP contribution is -2.46. The Bertz CT molecular complexity index is 571. The van der Waals surface area contributed by atoms with Crippen molar-refractivity contribution < 1.29 is 9.53 Å². The van der Waals surface area contributed by atoms with E-state index in [4.69, 9.17) is 4.74 Å². The largest absolute Gasteiger partial charge is 0.378 e. The zero-order chi connectivity index (χ0) is 16.4. The summed E-state index contributed by atoms with van der Waals surface area (Å²) < 4.78 is 5.36. The quantitative estimate of drug-likeness (QED) is 0.905. The summed E-state index contributed by atoms with van der Waals surface area (Å²) >= 11 is 0. The minimum absolute atomic E-state index is 0.00782. The van der Waals surface area contributed by atoms with Gasteiger partial charge in [-0.3, -0.25) is 9.69 Å². The summed E-state index contributed by atoms with van der Waals surface area (Å²) in [5.74, 6) is 0.933. The van der Waals surface area contributed by atoms with E-state index >= 15 is 0 Å². The molecule has 3 aliphatic rings. The first kappa shape index (κ1) is 15.8. The van der Waals surface area contributed by atoms with Gasteiger partial charge in [-0.25, -0.2) is 4.98 Å². The third-order valence-electron chi connectivity index (χ3n) is 5.52. The monoisotopic (exact) mass is 330 g/mol. The molecule has 130 valence electrons. The van der Waals surface area contributed by atoms with Crippen LogP contribution in [0.2, 0.25) is 0 Å². The van der Waals surface area contributed by atoms with E-state index in [0.717, 1.165) is 45.1 Å². The molecular formula is C18H26N4O2. The topological polar surface area (TPSA) is 57.7 Å². The highest BCUT2D eigenvalue weighted by molar-refractivity contribution is 5.94. The maximum atomic E-state index is 12.6. The van der Waals surface area contributed by atoms with Gasteiger partial charge in [-0.2, -0.15) is 0 Å². The number of carbonyl (C=O) groups is 1. The van der Waals surface area contributed by atoms with E-state index < -0.39 is 0 Å². The molecule has 1 aromatic rings. The lowest BCUT2D eigenvalue weighted by atomic mass is 9.99. The number of morpholine rings is 1. The van der Waals surface area contributed by atoms with Crippen molar-refractivity contribution in [1.82, 2.24) is 15.2 Å². The molecule has 4 rings (SSSR count). The SMILES string of the molecule is O=C(N[C@@H]1CCN2CCCC[C@H]12)c1ccc(N2CCOCC2)nc1. The van der Waals surface area contributed by atoms with Crippen LogP contribution in [0.4, 0.5) is 5.82 Å². The molecule has 6 heteroatoms. The lowest BCUT2D eigenvalue weighted by molar-refractivity contribution is 0.0915. The van der Waals surface area contributed by atoms with E-state index in [0.29, 0.717) is 11.6 Å². The van der Waals surface area contributed by atoms with Crippen molar-refractivity contribution in [2.75, 3.05) is 44.3 Å². The van der Waals surface area contributed by atoms with Gasteiger partial charge in [0.2, 0.25) is 0 Å². The van der Waals surface area contributed by atoms with Crippen molar-refractivity contribution in [1.29, 1.82) is 0 Å². The van der Waals surface area contributed by atoms with Crippen molar-refractivity contribution >= 4 is 11.7 Å². The van der Waals surface area contributed by atoms with Crippen LogP contribution in [0.5, 0.6) is 0 Å². The van der Waals surface area contributed by atoms with Crippen LogP contribution >= 0.6 is 0 Å². The molecule has 3 fully saturated rings. The molecule has 0 spiro atoms. The molecular weight excluding hydrogens is 304 g/mol. The fraction of sp³-hybridized carbons (Fsp3) is 0.667. The Morgan fingerprint density at radius 3 is 2.79 bits per heavy atom. The number of anilines is 1. The Hall–Kier alpha value is -1.66. The third-order valence-corrected chi connectivity index (χ3v) is 5.52. The first-order valence-corrected chi connectivity index (χ1v) is 9.15. The highest BCUT2D eigenvalue weighted by atomic mass is 16.5. The second-order valence-electron chi connectivity index (χ2n) is 6.97. The Kier molecular flexibility index (Phi) is 4.67. The fourth-order valence-electron chi connectivity index (χ4n) is 4.17. The number of carbonyl (C=O) groups excluding carboxylic acids is 1. The molecule has 2 atom stereocenters. The molecule has 0 unspecified atom stereocenters. The van der Waals surface area contributed by atoms with Crippen molar-refractivity contribution in [3.63, 3.8) is 0 Å². The molecule has 4 heterocycles. The number of pyridine rings is 1. The maximum absolute atomic E-state index is 12.6. The van der Waals surface area contributed by atoms with Crippen LogP contribution in [0.25, 0.3) is 0 Å². The molecule has 6 nitrogen and oxygen atoms in total. The number of fused-ring (bicyclic) bond motifs is 1. The Morgan fingerprint density at radius 2 is 2.00 bits per heavy atom. The second-order valence-corrected chi connectivity index (χ2v) is 6.97. The minimum atomic E-state index is 0.00782. The number of aromatic nitrogens is 1. The number of nitrogens with one attached hydrogen (secondary N) is 1. The second kappa shape index (κ2) is 7.07. The molecule has 0 saturated carbocycles. The number of amides is 1. The average molecular weight is 330 g/mol. The summed E-state index contributed by atoms with van der Waals surface area (Å²) in [7, 11) is 0. The zero-order valence-corrected chi connectivity index (χ0v) is 14.1. The van der Waals surface area contributed by atoms with Crippen LogP contribution < -0.4 is 10.2 Å². The van der Waals surface area contributed by atoms with Crippen LogP contribution in [0, 0.1) is 0 Å². The molecule has 3 saturated heterocycles. The van der Waals surface area contributed by atoms with Crippen LogP contribution in [-0.4, -0.2) is 67.3 Å². The van der Waals surface area contributed by atoms with E-state index in [-0.39, 0.29) is 11.9 Å². The predicted molar refractivity (Wildman–Crippen MR) is 92.4 cm³/mol. The smallest absolute Gasteiger partial charge is 0.253 e. The normalized spacial score (nSPS) is 27.8. The van der Waals surface area contributed by atoms with Crippen molar-refractivity contribution in [2.24, 2.45) is 0 Å². The van der Waals surface area contributed by atoms with Crippen LogP contribution in [0.15, 0.2) is 18.3 Å². The van der Waals surface area contributed by atoms with Gasteiger partial charge in [0.1, 0.15) is 5.82 Å². The first-order valence-electron chi connectivity index (χ1n) is 9.15. The van der Waals surface area contributed by atoms with Gasteiger partial charge >= 0.3 is 0 Å². The van der Waals surface area contributed by atoms with E-state index in [1.807, 2.05) is 12.1 Å². The molecule has 24 heavy (non-hydrogen) atoms. The van der Waals surface area contributed by atoms with E-state index in [1.54, 1.807) is 6.20 Å². The van der Waals surface area contributed by atoms with Crippen molar-refractivity contribution in [3.05, 3.63) is 23.9 Å². The summed E-state index contributed by atoms with van der Waals surface area (Å²) in [4.78, 5) is 21.8. The Morgan fingerprint density at radius 1 is 1.12 bits per heavy atom. The van der Waals surface area contributed by atoms with Crippen LogP contribution in [0.1, 0.15) is 36.0 Å². The summed E-state index contributed by atoms with van der Waals surface area (Å²) in [6, 6.07) is 4.66. The van der Waals surface area contributed by atoms with E-state index in [2.05, 4.69) is 20.1 Å². The Balaban J connectivity index is 1.37. The third kappa shape index (κ3) is 3.26. The number of ether oxygens (including phenoxy) is 1. The van der Waals surface area contributed by atoms with Gasteiger partial charge in [-0.1, -0.05) is 6.42 Å². The Labute approximate surface area is 143 Å². The molecule has 3 aliphatic heterocycles. The predicted octanol–water partition coefficient (Wildman–Crippen LogP) is 1.27. The molecule has 0 aliphatic carbocycles. The van der Waals surface area contributed by atoms with Crippen LogP contribution in [0.3, 0.4) is 0 Å². The highest BCUT2D eigenvalue weighted by Gasteiger charge is 2.36. The summed E-state index contributed by atoms with van der Waals surface area (Å²) in [5.41, 5.74) is 0.654. The number of rotatable bonds is 3. The summed E-state index contributed by atoms with van der Waals surface area (Å²) in [6.45, 7) is 5.50. The minimum Gasteiger partial charge on any atom is -0.378 e. The van der Waals surface area contributed by atoms with Gasteiger partial charge in [0.15, 0.2) is 0 Å². The van der Waals surface area contributed by atoms with Gasteiger partial charge in [-0.15, -0.1) is 0 Å². The molecule has 0 aromatic carbocycles. The van der Waals surface area contributed by atoms with E-state index in [1.165, 1.54) is 25.8 Å². The van der Waals surface area contributed by atoms with Crippen molar-refractivity contribution in [3.8, 4) is 0 Å². The van der Waals surface area contributed by atoms with Gasteiger partial charge in [0.05, 0.1) is 18.8 Å². The summed E-state index contributed by atoms with van der Waals surface area (Å²) in [5, 5.41) is 3.24. The van der Waals surface area contributed by atoms with E-state index in [9.17, 15) is 4.79 Å². The first-order chi connectivity index (χ1) is 11.8. The van der Waals surface area contributed by atoms with Gasteiger partial charge in [0, 0.05) is 37.9 Å². The molecule has 0 bridgehead atoms. The number of nitrogens with zero attached hydrogens (tertiary/aromatic N) is 3. The lowest BCUT2D eigenvalue weighted by Gasteiger charge is -2.32. The average Bonchev–Trinajstić information content (AvgIpc) is 3.06. The number of piperidine rings is 1. The zero-order valence-electron chi connectivity index (χ0n) is 14.1. The number of hydrogen-bond acceptors (Lipinski definition) is 5. The molecule has 0 radical (unpaired) electrons. The van der Waals surface area contributed by atoms with Gasteiger partial charge in [0.25, 0.3) is 5.91 Å². The molecule has 1 aromatic heterocycles. The molecule has 1 N–H and O–H groups in total. The van der Waals surface area contributed by atoms with Crippen LogP contribution in [-0.2, 0) is 4.74 Å². The van der Waals surface area contributed by atoms with Crippen molar-refractivity contribution in [2.45, 2.75) is 37.8 Å². The fourth-order valence-corrected chi connectivity index (χ4v) is 4.17. The van der Waals surface area contributed by atoms with Gasteiger partial charge in [-0.05, 0) is 37.9 Å². The standard InChI is InChI=1S/C18H26N4O2/c23-18(20-15-6-8-21-7-2-1-3-16(15)21)14-4-5-17(19-13-14)22-9-11-24-12-10-22/h4-5,13,15-16H,1-3,6-12H2,(H,20,23)/t15-,16-/m1/s1. The highest BCUT2D eigenvalue weighted by Crippen LogP contribution is 2.27. The summed E-state index contributed by atoms with van der Waals surface area (Å²) in [6.07, 6.45) is 6.55. The molecule has 1 amide bonds. The maximum Gasteiger partial charge on any atom is 0.253 e.